The first kappa shape index (κ1) is 15.6. The molecule has 0 bridgehead atoms. The lowest BCUT2D eigenvalue weighted by Crippen LogP contribution is -2.20. The van der Waals surface area contributed by atoms with Gasteiger partial charge in [0.1, 0.15) is 0 Å². The van der Waals surface area contributed by atoms with Crippen LogP contribution < -0.4 is 5.32 Å². The summed E-state index contributed by atoms with van der Waals surface area (Å²) < 4.78 is 2.20. The molecule has 0 atom stereocenters. The number of imidazole rings is 1. The average molecular weight is 325 g/mol. The standard InChI is InChI=1S/C18H19N3OS/c1-19-17(22)13-23-18-20-15-9-5-6-10-16(15)21(18)12-11-14-7-3-2-4-8-14/h2-10H,11-13H2,1H3,(H,19,22). The van der Waals surface area contributed by atoms with Gasteiger partial charge in [-0.1, -0.05) is 54.2 Å². The molecule has 0 saturated heterocycles. The van der Waals surface area contributed by atoms with E-state index < -0.39 is 0 Å². The predicted molar refractivity (Wildman–Crippen MR) is 94.7 cm³/mol. The van der Waals surface area contributed by atoms with Gasteiger partial charge in [-0.25, -0.2) is 4.98 Å². The number of para-hydroxylation sites is 2. The first-order valence-electron chi connectivity index (χ1n) is 7.60. The van der Waals surface area contributed by atoms with Gasteiger partial charge in [-0.2, -0.15) is 0 Å². The van der Waals surface area contributed by atoms with Crippen LogP contribution >= 0.6 is 11.8 Å². The number of fused-ring (bicyclic) bond motifs is 1. The number of carbonyl (C=O) groups is 1. The van der Waals surface area contributed by atoms with Crippen LogP contribution in [0.1, 0.15) is 5.56 Å². The van der Waals surface area contributed by atoms with Crippen LogP contribution in [0.5, 0.6) is 0 Å². The lowest BCUT2D eigenvalue weighted by Gasteiger charge is -2.09. The van der Waals surface area contributed by atoms with Crippen LogP contribution in [-0.4, -0.2) is 28.3 Å². The van der Waals surface area contributed by atoms with E-state index in [0.29, 0.717) is 5.75 Å². The number of amides is 1. The van der Waals surface area contributed by atoms with Gasteiger partial charge in [0.05, 0.1) is 16.8 Å². The van der Waals surface area contributed by atoms with E-state index in [1.54, 1.807) is 7.05 Å². The lowest BCUT2D eigenvalue weighted by atomic mass is 10.1. The summed E-state index contributed by atoms with van der Waals surface area (Å²) in [6.45, 7) is 0.848. The molecular weight excluding hydrogens is 306 g/mol. The Balaban J connectivity index is 1.84. The Bertz CT molecular complexity index is 798. The fourth-order valence-corrected chi connectivity index (χ4v) is 3.38. The molecule has 5 heteroatoms. The molecule has 3 aromatic rings. The monoisotopic (exact) mass is 325 g/mol. The molecule has 0 aliphatic rings. The third-order valence-corrected chi connectivity index (χ3v) is 4.67. The summed E-state index contributed by atoms with van der Waals surface area (Å²) in [5, 5.41) is 3.54. The van der Waals surface area contributed by atoms with E-state index in [4.69, 9.17) is 0 Å². The molecule has 2 aromatic carbocycles. The zero-order valence-electron chi connectivity index (χ0n) is 13.0. The molecule has 118 valence electrons. The summed E-state index contributed by atoms with van der Waals surface area (Å²) in [4.78, 5) is 16.2. The van der Waals surface area contributed by atoms with Crippen molar-refractivity contribution in [3.8, 4) is 0 Å². The molecule has 0 aliphatic carbocycles. The van der Waals surface area contributed by atoms with Crippen molar-refractivity contribution in [1.82, 2.24) is 14.9 Å². The molecular formula is C18H19N3OS. The zero-order valence-corrected chi connectivity index (χ0v) is 13.8. The number of nitrogens with one attached hydrogen (secondary N) is 1. The minimum atomic E-state index is 0.0108. The number of aromatic nitrogens is 2. The Hall–Kier alpha value is -2.27. The van der Waals surface area contributed by atoms with Crippen molar-refractivity contribution in [2.45, 2.75) is 18.1 Å². The lowest BCUT2D eigenvalue weighted by molar-refractivity contribution is -0.118. The summed E-state index contributed by atoms with van der Waals surface area (Å²) in [5.41, 5.74) is 3.38. The van der Waals surface area contributed by atoms with Crippen molar-refractivity contribution in [1.29, 1.82) is 0 Å². The normalized spacial score (nSPS) is 10.8. The molecule has 0 radical (unpaired) electrons. The van der Waals surface area contributed by atoms with Crippen LogP contribution in [0.4, 0.5) is 0 Å². The molecule has 0 fully saturated rings. The number of rotatable bonds is 6. The maximum absolute atomic E-state index is 11.5. The van der Waals surface area contributed by atoms with Crippen LogP contribution in [-0.2, 0) is 17.8 Å². The molecule has 23 heavy (non-hydrogen) atoms. The topological polar surface area (TPSA) is 46.9 Å². The van der Waals surface area contributed by atoms with Crippen molar-refractivity contribution in [3.05, 3.63) is 60.2 Å². The Morgan fingerprint density at radius 1 is 1.13 bits per heavy atom. The molecule has 0 unspecified atom stereocenters. The Morgan fingerprint density at radius 2 is 1.87 bits per heavy atom. The molecule has 1 amide bonds. The second-order valence-electron chi connectivity index (χ2n) is 5.23. The first-order valence-corrected chi connectivity index (χ1v) is 8.59. The van der Waals surface area contributed by atoms with Crippen molar-refractivity contribution < 1.29 is 4.79 Å². The minimum absolute atomic E-state index is 0.0108. The maximum Gasteiger partial charge on any atom is 0.230 e. The fourth-order valence-electron chi connectivity index (χ4n) is 2.47. The van der Waals surface area contributed by atoms with E-state index in [1.807, 2.05) is 24.3 Å². The van der Waals surface area contributed by atoms with Crippen molar-refractivity contribution in [2.75, 3.05) is 12.8 Å². The van der Waals surface area contributed by atoms with Crippen molar-refractivity contribution >= 4 is 28.7 Å². The van der Waals surface area contributed by atoms with Gasteiger partial charge < -0.3 is 9.88 Å². The Morgan fingerprint density at radius 3 is 2.65 bits per heavy atom. The zero-order chi connectivity index (χ0) is 16.1. The highest BCUT2D eigenvalue weighted by Crippen LogP contribution is 2.24. The number of hydrogen-bond donors (Lipinski definition) is 1. The molecule has 3 rings (SSSR count). The molecule has 1 heterocycles. The van der Waals surface area contributed by atoms with Crippen LogP contribution in [0, 0.1) is 0 Å². The van der Waals surface area contributed by atoms with E-state index in [-0.39, 0.29) is 5.91 Å². The smallest absolute Gasteiger partial charge is 0.230 e. The predicted octanol–water partition coefficient (Wildman–Crippen LogP) is 3.12. The third kappa shape index (κ3) is 3.74. The van der Waals surface area contributed by atoms with E-state index in [0.717, 1.165) is 29.2 Å². The van der Waals surface area contributed by atoms with Gasteiger partial charge in [0, 0.05) is 13.6 Å². The van der Waals surface area contributed by atoms with Gasteiger partial charge in [0.25, 0.3) is 0 Å². The van der Waals surface area contributed by atoms with Crippen molar-refractivity contribution in [2.24, 2.45) is 0 Å². The molecule has 1 aromatic heterocycles. The molecule has 4 nitrogen and oxygen atoms in total. The highest BCUT2D eigenvalue weighted by molar-refractivity contribution is 7.99. The average Bonchev–Trinajstić information content (AvgIpc) is 2.96. The van der Waals surface area contributed by atoms with Gasteiger partial charge in [-0.15, -0.1) is 0 Å². The second-order valence-corrected chi connectivity index (χ2v) is 6.17. The van der Waals surface area contributed by atoms with E-state index >= 15 is 0 Å². The van der Waals surface area contributed by atoms with E-state index in [2.05, 4.69) is 45.2 Å². The highest BCUT2D eigenvalue weighted by Gasteiger charge is 2.12. The first-order chi connectivity index (χ1) is 11.3. The maximum atomic E-state index is 11.5. The number of aryl methyl sites for hydroxylation is 2. The van der Waals surface area contributed by atoms with Crippen LogP contribution in [0.3, 0.4) is 0 Å². The van der Waals surface area contributed by atoms with Gasteiger partial charge in [-0.05, 0) is 24.1 Å². The summed E-state index contributed by atoms with van der Waals surface area (Å²) in [6.07, 6.45) is 0.939. The number of nitrogens with zero attached hydrogens (tertiary/aromatic N) is 2. The van der Waals surface area contributed by atoms with E-state index in [1.165, 1.54) is 17.3 Å². The minimum Gasteiger partial charge on any atom is -0.358 e. The molecule has 1 N–H and O–H groups in total. The third-order valence-electron chi connectivity index (χ3n) is 3.70. The van der Waals surface area contributed by atoms with Gasteiger partial charge in [0.15, 0.2) is 5.16 Å². The number of thioether (sulfide) groups is 1. The van der Waals surface area contributed by atoms with Gasteiger partial charge in [-0.3, -0.25) is 4.79 Å². The summed E-state index contributed by atoms with van der Waals surface area (Å²) >= 11 is 1.48. The largest absolute Gasteiger partial charge is 0.358 e. The van der Waals surface area contributed by atoms with Crippen molar-refractivity contribution in [3.63, 3.8) is 0 Å². The Kier molecular flexibility index (Phi) is 4.98. The van der Waals surface area contributed by atoms with Crippen LogP contribution in [0.15, 0.2) is 59.8 Å². The quantitative estimate of drug-likeness (QED) is 0.708. The number of carbonyl (C=O) groups excluding carboxylic acids is 1. The molecule has 0 spiro atoms. The Labute approximate surface area is 139 Å². The fraction of sp³-hybridized carbons (Fsp3) is 0.222. The molecule has 0 aliphatic heterocycles. The SMILES string of the molecule is CNC(=O)CSc1nc2ccccc2n1CCc1ccccc1. The second kappa shape index (κ2) is 7.33. The number of benzene rings is 2. The van der Waals surface area contributed by atoms with Crippen LogP contribution in [0.2, 0.25) is 0 Å². The molecule has 0 saturated carbocycles. The highest BCUT2D eigenvalue weighted by atomic mass is 32.2. The summed E-state index contributed by atoms with van der Waals surface area (Å²) in [6, 6.07) is 18.5. The van der Waals surface area contributed by atoms with Gasteiger partial charge in [0.2, 0.25) is 5.91 Å². The van der Waals surface area contributed by atoms with E-state index in [9.17, 15) is 4.79 Å². The number of hydrogen-bond acceptors (Lipinski definition) is 3. The summed E-state index contributed by atoms with van der Waals surface area (Å²) in [5.74, 6) is 0.391. The van der Waals surface area contributed by atoms with Crippen LogP contribution in [0.25, 0.3) is 11.0 Å². The van der Waals surface area contributed by atoms with Gasteiger partial charge >= 0.3 is 0 Å². The summed E-state index contributed by atoms with van der Waals surface area (Å²) in [7, 11) is 1.65.